The Morgan fingerprint density at radius 1 is 1.27 bits per heavy atom. The van der Waals surface area contributed by atoms with Gasteiger partial charge in [0.25, 0.3) is 0 Å². The second-order valence-electron chi connectivity index (χ2n) is 6.06. The van der Waals surface area contributed by atoms with Gasteiger partial charge in [-0.3, -0.25) is 9.59 Å². The van der Waals surface area contributed by atoms with Gasteiger partial charge < -0.3 is 10.2 Å². The Balaban J connectivity index is 2.15. The number of nitriles is 1. The molecule has 0 aliphatic heterocycles. The molecule has 0 spiro atoms. The number of benzene rings is 1. The Labute approximate surface area is 158 Å². The molecule has 2 rings (SSSR count). The number of rotatable bonds is 7. The van der Waals surface area contributed by atoms with Gasteiger partial charge in [0.1, 0.15) is 0 Å². The molecule has 2 aromatic rings. The summed E-state index contributed by atoms with van der Waals surface area (Å²) in [6.07, 6.45) is 0.217. The van der Waals surface area contributed by atoms with Crippen molar-refractivity contribution in [1.82, 2.24) is 10.2 Å². The lowest BCUT2D eigenvalue weighted by Crippen LogP contribution is -2.37. The summed E-state index contributed by atoms with van der Waals surface area (Å²) < 4.78 is 0. The molecule has 0 fully saturated rings. The Hall–Kier alpha value is -2.65. The monoisotopic (exact) mass is 369 g/mol. The van der Waals surface area contributed by atoms with Crippen molar-refractivity contribution in [1.29, 1.82) is 5.26 Å². The van der Waals surface area contributed by atoms with E-state index in [-0.39, 0.29) is 30.3 Å². The molecule has 1 heterocycles. The molecule has 0 saturated carbocycles. The number of thiophene rings is 1. The first-order valence-electron chi connectivity index (χ1n) is 8.56. The SMILES string of the molecule is CCN(C(=O)CC(NC(C)=O)c1cccs1)C(C)c1ccc(C#N)cc1. The highest BCUT2D eigenvalue weighted by atomic mass is 32.1. The molecule has 0 radical (unpaired) electrons. The highest BCUT2D eigenvalue weighted by molar-refractivity contribution is 7.10. The van der Waals surface area contributed by atoms with E-state index in [1.165, 1.54) is 18.3 Å². The van der Waals surface area contributed by atoms with Crippen LogP contribution in [0.5, 0.6) is 0 Å². The fourth-order valence-electron chi connectivity index (χ4n) is 2.93. The lowest BCUT2D eigenvalue weighted by atomic mass is 10.0. The lowest BCUT2D eigenvalue weighted by Gasteiger charge is -2.30. The fraction of sp³-hybridized carbons (Fsp3) is 0.350. The van der Waals surface area contributed by atoms with E-state index in [1.54, 1.807) is 17.0 Å². The summed E-state index contributed by atoms with van der Waals surface area (Å²) >= 11 is 1.53. The van der Waals surface area contributed by atoms with E-state index in [0.717, 1.165) is 10.4 Å². The van der Waals surface area contributed by atoms with Gasteiger partial charge in [-0.2, -0.15) is 5.26 Å². The van der Waals surface area contributed by atoms with Gasteiger partial charge in [0.05, 0.1) is 30.1 Å². The van der Waals surface area contributed by atoms with Crippen LogP contribution in [0.4, 0.5) is 0 Å². The summed E-state index contributed by atoms with van der Waals surface area (Å²) in [6.45, 7) is 5.94. The van der Waals surface area contributed by atoms with E-state index in [2.05, 4.69) is 11.4 Å². The van der Waals surface area contributed by atoms with E-state index in [0.29, 0.717) is 12.1 Å². The maximum Gasteiger partial charge on any atom is 0.225 e. The molecule has 1 aromatic carbocycles. The molecule has 0 aliphatic carbocycles. The summed E-state index contributed by atoms with van der Waals surface area (Å²) in [4.78, 5) is 27.2. The van der Waals surface area contributed by atoms with Crippen molar-refractivity contribution >= 4 is 23.2 Å². The fourth-order valence-corrected chi connectivity index (χ4v) is 3.71. The van der Waals surface area contributed by atoms with Crippen molar-refractivity contribution in [3.8, 4) is 6.07 Å². The van der Waals surface area contributed by atoms with Crippen LogP contribution in [-0.2, 0) is 9.59 Å². The minimum absolute atomic E-state index is 0.0171. The maximum absolute atomic E-state index is 12.9. The molecule has 1 N–H and O–H groups in total. The smallest absolute Gasteiger partial charge is 0.225 e. The molecule has 26 heavy (non-hydrogen) atoms. The molecular formula is C20H23N3O2S. The number of carbonyl (C=O) groups excluding carboxylic acids is 2. The third-order valence-electron chi connectivity index (χ3n) is 4.29. The Kier molecular flexibility index (Phi) is 6.93. The summed E-state index contributed by atoms with van der Waals surface area (Å²) in [5.41, 5.74) is 1.57. The molecule has 0 aliphatic rings. The highest BCUT2D eigenvalue weighted by Gasteiger charge is 2.25. The van der Waals surface area contributed by atoms with Gasteiger partial charge in [-0.15, -0.1) is 11.3 Å². The van der Waals surface area contributed by atoms with Gasteiger partial charge in [-0.25, -0.2) is 0 Å². The lowest BCUT2D eigenvalue weighted by molar-refractivity contribution is -0.134. The first kappa shape index (κ1) is 19.7. The standard InChI is InChI=1S/C20H23N3O2S/c1-4-23(14(2)17-9-7-16(13-21)8-10-17)20(25)12-18(22-15(3)24)19-6-5-11-26-19/h5-11,14,18H,4,12H2,1-3H3,(H,22,24). The minimum atomic E-state index is -0.317. The van der Waals surface area contributed by atoms with E-state index >= 15 is 0 Å². The van der Waals surface area contributed by atoms with Gasteiger partial charge in [-0.05, 0) is 43.0 Å². The van der Waals surface area contributed by atoms with Crippen molar-refractivity contribution in [2.45, 2.75) is 39.3 Å². The number of carbonyl (C=O) groups is 2. The summed E-state index contributed by atoms with van der Waals surface area (Å²) in [5, 5.41) is 13.7. The third-order valence-corrected chi connectivity index (χ3v) is 5.28. The highest BCUT2D eigenvalue weighted by Crippen LogP contribution is 2.26. The van der Waals surface area contributed by atoms with Crippen LogP contribution in [0.3, 0.4) is 0 Å². The van der Waals surface area contributed by atoms with Crippen LogP contribution in [0, 0.1) is 11.3 Å². The van der Waals surface area contributed by atoms with E-state index in [1.807, 2.05) is 43.5 Å². The molecule has 0 saturated heterocycles. The summed E-state index contributed by atoms with van der Waals surface area (Å²) in [5.74, 6) is -0.170. The summed E-state index contributed by atoms with van der Waals surface area (Å²) in [7, 11) is 0. The molecule has 2 unspecified atom stereocenters. The normalized spacial score (nSPS) is 12.7. The first-order valence-corrected chi connectivity index (χ1v) is 9.44. The second-order valence-corrected chi connectivity index (χ2v) is 7.04. The second kappa shape index (κ2) is 9.16. The predicted molar refractivity (Wildman–Crippen MR) is 102 cm³/mol. The molecule has 2 amide bonds. The van der Waals surface area contributed by atoms with Crippen LogP contribution in [0.15, 0.2) is 41.8 Å². The molecule has 136 valence electrons. The Bertz CT molecular complexity index is 778. The number of nitrogens with zero attached hydrogens (tertiary/aromatic N) is 2. The minimum Gasteiger partial charge on any atom is -0.348 e. The Morgan fingerprint density at radius 2 is 1.96 bits per heavy atom. The van der Waals surface area contributed by atoms with Gasteiger partial charge in [0.2, 0.25) is 11.8 Å². The van der Waals surface area contributed by atoms with Gasteiger partial charge in [0.15, 0.2) is 0 Å². The molecular weight excluding hydrogens is 346 g/mol. The number of amides is 2. The third kappa shape index (κ3) is 4.93. The molecule has 6 heteroatoms. The zero-order valence-electron chi connectivity index (χ0n) is 15.2. The average Bonchev–Trinajstić information content (AvgIpc) is 3.16. The van der Waals surface area contributed by atoms with E-state index in [9.17, 15) is 9.59 Å². The quantitative estimate of drug-likeness (QED) is 0.807. The average molecular weight is 369 g/mol. The number of hydrogen-bond acceptors (Lipinski definition) is 4. The van der Waals surface area contributed by atoms with Crippen LogP contribution in [-0.4, -0.2) is 23.3 Å². The predicted octanol–water partition coefficient (Wildman–Crippen LogP) is 3.80. The van der Waals surface area contributed by atoms with Crippen molar-refractivity contribution in [3.63, 3.8) is 0 Å². The van der Waals surface area contributed by atoms with Gasteiger partial charge in [0, 0.05) is 18.3 Å². The maximum atomic E-state index is 12.9. The van der Waals surface area contributed by atoms with Crippen molar-refractivity contribution < 1.29 is 9.59 Å². The van der Waals surface area contributed by atoms with Crippen LogP contribution in [0.2, 0.25) is 0 Å². The number of hydrogen-bond donors (Lipinski definition) is 1. The number of nitrogens with one attached hydrogen (secondary N) is 1. The van der Waals surface area contributed by atoms with Crippen LogP contribution >= 0.6 is 11.3 Å². The zero-order chi connectivity index (χ0) is 19.1. The summed E-state index contributed by atoms with van der Waals surface area (Å²) in [6, 6.07) is 12.8. The molecule has 5 nitrogen and oxygen atoms in total. The van der Waals surface area contributed by atoms with Crippen LogP contribution in [0.1, 0.15) is 55.3 Å². The molecule has 2 atom stereocenters. The molecule has 1 aromatic heterocycles. The molecule has 0 bridgehead atoms. The van der Waals surface area contributed by atoms with Gasteiger partial charge in [-0.1, -0.05) is 18.2 Å². The van der Waals surface area contributed by atoms with Gasteiger partial charge >= 0.3 is 0 Å². The Morgan fingerprint density at radius 3 is 2.46 bits per heavy atom. The van der Waals surface area contributed by atoms with E-state index in [4.69, 9.17) is 5.26 Å². The van der Waals surface area contributed by atoms with Crippen molar-refractivity contribution in [3.05, 3.63) is 57.8 Å². The zero-order valence-corrected chi connectivity index (χ0v) is 16.0. The first-order chi connectivity index (χ1) is 12.5. The van der Waals surface area contributed by atoms with Crippen molar-refractivity contribution in [2.75, 3.05) is 6.54 Å². The largest absolute Gasteiger partial charge is 0.348 e. The van der Waals surface area contributed by atoms with Crippen molar-refractivity contribution in [2.24, 2.45) is 0 Å². The van der Waals surface area contributed by atoms with Crippen LogP contribution < -0.4 is 5.32 Å². The van der Waals surface area contributed by atoms with E-state index < -0.39 is 0 Å². The topological polar surface area (TPSA) is 73.2 Å². The van der Waals surface area contributed by atoms with Crippen LogP contribution in [0.25, 0.3) is 0 Å².